The fourth-order valence-corrected chi connectivity index (χ4v) is 5.70. The van der Waals surface area contributed by atoms with Gasteiger partial charge in [0, 0.05) is 12.5 Å². The van der Waals surface area contributed by atoms with Crippen molar-refractivity contribution < 1.29 is 18.4 Å². The van der Waals surface area contributed by atoms with Crippen LogP contribution in [0.25, 0.3) is 6.08 Å². The van der Waals surface area contributed by atoms with Crippen LogP contribution < -0.4 is 4.43 Å². The van der Waals surface area contributed by atoms with Crippen molar-refractivity contribution in [3.8, 4) is 5.75 Å². The number of cyclic esters (lactones) is 1. The third kappa shape index (κ3) is 8.55. The molecule has 0 fully saturated rings. The standard InChI is InChI=1S/C31H50O4Si2/c1-23-17-19-27-24(2)28(35-37(11,12)31(6,7)8)20-18-25(27)15-13-14-16-29(32)34-26(21-23)22-33-36(9,10)30(3,4)5/h13-18,20,26H,19,21-22H2,1-12H3/b15-13+,16-14+,23-17+/t26-/m0/s1. The first kappa shape index (κ1) is 31.3. The fraction of sp³-hybridized carbons (Fsp3) is 0.581. The number of esters is 1. The third-order valence-corrected chi connectivity index (χ3v) is 17.1. The summed E-state index contributed by atoms with van der Waals surface area (Å²) in [7, 11) is -3.92. The lowest BCUT2D eigenvalue weighted by molar-refractivity contribution is -0.144. The number of allylic oxidation sites excluding steroid dienone is 3. The van der Waals surface area contributed by atoms with Gasteiger partial charge in [-0.05, 0) is 79.3 Å². The Hall–Kier alpha value is -1.90. The second-order valence-corrected chi connectivity index (χ2v) is 23.0. The zero-order valence-electron chi connectivity index (χ0n) is 25.4. The number of hydrogen-bond donors (Lipinski definition) is 0. The first-order valence-corrected chi connectivity index (χ1v) is 19.3. The van der Waals surface area contributed by atoms with Crippen LogP contribution in [-0.4, -0.2) is 35.3 Å². The van der Waals surface area contributed by atoms with E-state index in [1.807, 2.05) is 6.08 Å². The summed E-state index contributed by atoms with van der Waals surface area (Å²) < 4.78 is 19.0. The molecule has 1 heterocycles. The molecule has 1 atom stereocenters. The first-order valence-electron chi connectivity index (χ1n) is 13.5. The smallest absolute Gasteiger partial charge is 0.331 e. The molecule has 1 aromatic rings. The van der Waals surface area contributed by atoms with Gasteiger partial charge in [0.15, 0.2) is 8.32 Å². The van der Waals surface area contributed by atoms with Gasteiger partial charge in [-0.25, -0.2) is 4.79 Å². The van der Waals surface area contributed by atoms with Crippen LogP contribution in [0.3, 0.4) is 0 Å². The first-order chi connectivity index (χ1) is 16.8. The Labute approximate surface area is 228 Å². The molecule has 4 nitrogen and oxygen atoms in total. The Morgan fingerprint density at radius 3 is 2.11 bits per heavy atom. The molecule has 0 aliphatic carbocycles. The van der Waals surface area contributed by atoms with Crippen molar-refractivity contribution >= 4 is 28.7 Å². The van der Waals surface area contributed by atoms with Crippen LogP contribution in [0.15, 0.2) is 42.0 Å². The maximum absolute atomic E-state index is 12.6. The molecule has 6 heteroatoms. The van der Waals surface area contributed by atoms with E-state index in [1.165, 1.54) is 22.8 Å². The normalized spacial score (nSPS) is 21.4. The average Bonchev–Trinajstić information content (AvgIpc) is 2.75. The van der Waals surface area contributed by atoms with Gasteiger partial charge in [-0.15, -0.1) is 0 Å². The zero-order chi connectivity index (χ0) is 28.2. The van der Waals surface area contributed by atoms with Gasteiger partial charge in [0.2, 0.25) is 8.32 Å². The maximum Gasteiger partial charge on any atom is 0.331 e. The molecule has 0 bridgehead atoms. The molecule has 0 aromatic heterocycles. The molecule has 0 spiro atoms. The van der Waals surface area contributed by atoms with Crippen LogP contribution >= 0.6 is 0 Å². The van der Waals surface area contributed by atoms with E-state index in [1.54, 1.807) is 6.08 Å². The van der Waals surface area contributed by atoms with E-state index in [2.05, 4.69) is 106 Å². The SMILES string of the molecule is C/C1=C\Cc2c(ccc(O[Si](C)(C)C(C)(C)C)c2C)/C=C/C=C/C(=O)O[C@H](CO[Si](C)(C)C(C)(C)C)C1. The van der Waals surface area contributed by atoms with Gasteiger partial charge in [0.25, 0.3) is 0 Å². The summed E-state index contributed by atoms with van der Waals surface area (Å²) in [6.45, 7) is 27.2. The van der Waals surface area contributed by atoms with Gasteiger partial charge in [0.1, 0.15) is 11.9 Å². The summed E-state index contributed by atoms with van der Waals surface area (Å²) in [6.07, 6.45) is 10.6. The molecule has 0 saturated heterocycles. The molecule has 1 aromatic carbocycles. The number of hydrogen-bond acceptors (Lipinski definition) is 4. The van der Waals surface area contributed by atoms with E-state index in [4.69, 9.17) is 13.6 Å². The minimum absolute atomic E-state index is 0.0985. The van der Waals surface area contributed by atoms with Crippen molar-refractivity contribution in [3.63, 3.8) is 0 Å². The minimum Gasteiger partial charge on any atom is -0.543 e. The molecular formula is C31H50O4Si2. The van der Waals surface area contributed by atoms with Crippen molar-refractivity contribution in [2.24, 2.45) is 0 Å². The largest absolute Gasteiger partial charge is 0.543 e. The second-order valence-electron chi connectivity index (χ2n) is 13.4. The number of carbonyl (C=O) groups is 1. The van der Waals surface area contributed by atoms with Crippen molar-refractivity contribution in [1.82, 2.24) is 0 Å². The Balaban J connectivity index is 2.39. The van der Waals surface area contributed by atoms with Crippen LogP contribution in [0.1, 0.15) is 71.6 Å². The Morgan fingerprint density at radius 2 is 1.51 bits per heavy atom. The zero-order valence-corrected chi connectivity index (χ0v) is 27.4. The highest BCUT2D eigenvalue weighted by Gasteiger charge is 2.39. The van der Waals surface area contributed by atoms with Gasteiger partial charge in [-0.1, -0.05) is 77.5 Å². The molecule has 2 rings (SSSR count). The Bertz CT molecular complexity index is 1050. The number of benzene rings is 1. The second kappa shape index (κ2) is 11.9. The molecule has 0 saturated carbocycles. The van der Waals surface area contributed by atoms with Gasteiger partial charge >= 0.3 is 5.97 Å². The maximum atomic E-state index is 12.6. The number of carbonyl (C=O) groups excluding carboxylic acids is 1. The predicted octanol–water partition coefficient (Wildman–Crippen LogP) is 8.77. The van der Waals surface area contributed by atoms with Gasteiger partial charge < -0.3 is 13.6 Å². The third-order valence-electron chi connectivity index (χ3n) is 8.30. The average molecular weight is 543 g/mol. The van der Waals surface area contributed by atoms with Crippen LogP contribution in [-0.2, 0) is 20.4 Å². The molecule has 0 N–H and O–H groups in total. The highest BCUT2D eigenvalue weighted by Crippen LogP contribution is 2.39. The summed E-state index contributed by atoms with van der Waals surface area (Å²) in [5, 5.41) is 0.226. The van der Waals surface area contributed by atoms with Gasteiger partial charge in [0.05, 0.1) is 6.61 Å². The number of ether oxygens (including phenoxy) is 1. The molecule has 0 radical (unpaired) electrons. The molecule has 206 valence electrons. The quantitative estimate of drug-likeness (QED) is 0.212. The molecule has 0 unspecified atom stereocenters. The van der Waals surface area contributed by atoms with E-state index in [9.17, 15) is 4.79 Å². The Kier molecular flexibility index (Phi) is 10.1. The van der Waals surface area contributed by atoms with Crippen molar-refractivity contribution in [1.29, 1.82) is 0 Å². The van der Waals surface area contributed by atoms with Crippen LogP contribution in [0.4, 0.5) is 0 Å². The van der Waals surface area contributed by atoms with Crippen molar-refractivity contribution in [2.75, 3.05) is 6.61 Å². The van der Waals surface area contributed by atoms with E-state index >= 15 is 0 Å². The summed E-state index contributed by atoms with van der Waals surface area (Å²) in [6, 6.07) is 4.23. The van der Waals surface area contributed by atoms with Crippen LogP contribution in [0, 0.1) is 6.92 Å². The van der Waals surface area contributed by atoms with E-state index in [0.717, 1.165) is 17.7 Å². The topological polar surface area (TPSA) is 44.8 Å². The molecular weight excluding hydrogens is 493 g/mol. The summed E-state index contributed by atoms with van der Waals surface area (Å²) in [5.41, 5.74) is 4.75. The molecule has 37 heavy (non-hydrogen) atoms. The van der Waals surface area contributed by atoms with E-state index < -0.39 is 16.6 Å². The molecule has 1 aliphatic rings. The van der Waals surface area contributed by atoms with Crippen LogP contribution in [0.5, 0.6) is 5.75 Å². The molecule has 0 amide bonds. The lowest BCUT2D eigenvalue weighted by Gasteiger charge is -2.37. The molecule has 1 aliphatic heterocycles. The van der Waals surface area contributed by atoms with Gasteiger partial charge in [-0.2, -0.15) is 0 Å². The lowest BCUT2D eigenvalue weighted by atomic mass is 9.96. The summed E-state index contributed by atoms with van der Waals surface area (Å²) in [5.74, 6) is 0.638. The lowest BCUT2D eigenvalue weighted by Crippen LogP contribution is -2.44. The predicted molar refractivity (Wildman–Crippen MR) is 162 cm³/mol. The Morgan fingerprint density at radius 1 is 0.919 bits per heavy atom. The summed E-state index contributed by atoms with van der Waals surface area (Å²) >= 11 is 0. The van der Waals surface area contributed by atoms with E-state index in [-0.39, 0.29) is 22.1 Å². The van der Waals surface area contributed by atoms with Crippen molar-refractivity contribution in [3.05, 3.63) is 58.7 Å². The number of rotatable bonds is 5. The number of fused-ring (bicyclic) bond motifs is 1. The minimum atomic E-state index is -1.96. The monoisotopic (exact) mass is 542 g/mol. The van der Waals surface area contributed by atoms with Crippen molar-refractivity contribution in [2.45, 2.75) is 111 Å². The summed E-state index contributed by atoms with van der Waals surface area (Å²) in [4.78, 5) is 12.6. The highest BCUT2D eigenvalue weighted by atomic mass is 28.4. The van der Waals surface area contributed by atoms with E-state index in [0.29, 0.717) is 13.0 Å². The highest BCUT2D eigenvalue weighted by molar-refractivity contribution is 6.75. The van der Waals surface area contributed by atoms with Crippen LogP contribution in [0.2, 0.25) is 36.3 Å². The van der Waals surface area contributed by atoms with Gasteiger partial charge in [-0.3, -0.25) is 0 Å². The fourth-order valence-electron chi connectivity index (χ4n) is 3.59.